The maximum Gasteiger partial charge on any atom is 0.320 e. The Morgan fingerprint density at radius 3 is 2.44 bits per heavy atom. The van der Waals surface area contributed by atoms with Gasteiger partial charge in [-0.15, -0.1) is 0 Å². The molecule has 0 fully saturated rings. The molecule has 7 heteroatoms. The topological polar surface area (TPSA) is 73.1 Å². The minimum atomic E-state index is -0.834. The highest BCUT2D eigenvalue weighted by Gasteiger charge is 2.12. The molecule has 6 nitrogen and oxygen atoms in total. The quantitative estimate of drug-likeness (QED) is 0.720. The zero-order valence-corrected chi connectivity index (χ0v) is 14.9. The predicted molar refractivity (Wildman–Crippen MR) is 101 cm³/mol. The van der Waals surface area contributed by atoms with Crippen molar-refractivity contribution in [2.24, 2.45) is 0 Å². The van der Waals surface area contributed by atoms with E-state index in [-0.39, 0.29) is 5.69 Å². The van der Waals surface area contributed by atoms with E-state index in [1.54, 1.807) is 12.1 Å². The number of benzene rings is 2. The summed E-state index contributed by atoms with van der Waals surface area (Å²) in [6.07, 6.45) is 2.80. The molecule has 0 atom stereocenters. The van der Waals surface area contributed by atoms with Gasteiger partial charge in [-0.2, -0.15) is 0 Å². The van der Waals surface area contributed by atoms with E-state index in [1.807, 2.05) is 26.0 Å². The second-order valence-corrected chi connectivity index (χ2v) is 6.20. The van der Waals surface area contributed by atoms with Crippen LogP contribution in [0.25, 0.3) is 5.69 Å². The SMILES string of the molecule is Cc1ccc(-n2ccn(CC(=O)Nc3ccccc3F)c(=O)c2=O)cc1C. The van der Waals surface area contributed by atoms with Crippen molar-refractivity contribution in [3.8, 4) is 5.69 Å². The van der Waals surface area contributed by atoms with Crippen molar-refractivity contribution in [2.45, 2.75) is 20.4 Å². The molecule has 138 valence electrons. The van der Waals surface area contributed by atoms with Crippen molar-refractivity contribution >= 4 is 11.6 Å². The van der Waals surface area contributed by atoms with E-state index in [2.05, 4.69) is 5.32 Å². The maximum atomic E-state index is 13.6. The number of anilines is 1. The van der Waals surface area contributed by atoms with Gasteiger partial charge >= 0.3 is 11.1 Å². The van der Waals surface area contributed by atoms with Crippen LogP contribution in [0.15, 0.2) is 64.4 Å². The van der Waals surface area contributed by atoms with E-state index in [1.165, 1.54) is 35.2 Å². The molecule has 3 rings (SSSR count). The van der Waals surface area contributed by atoms with E-state index >= 15 is 0 Å². The molecule has 0 aliphatic carbocycles. The highest BCUT2D eigenvalue weighted by Crippen LogP contribution is 2.13. The Bertz CT molecular complexity index is 1130. The van der Waals surface area contributed by atoms with E-state index < -0.39 is 29.4 Å². The molecule has 0 aliphatic rings. The van der Waals surface area contributed by atoms with Crippen LogP contribution in [0.5, 0.6) is 0 Å². The summed E-state index contributed by atoms with van der Waals surface area (Å²) in [5.41, 5.74) is 1.05. The van der Waals surface area contributed by atoms with Gasteiger partial charge in [0.2, 0.25) is 5.91 Å². The Kier molecular flexibility index (Phi) is 5.03. The van der Waals surface area contributed by atoms with E-state index in [0.717, 1.165) is 15.7 Å². The maximum absolute atomic E-state index is 13.6. The molecule has 0 bridgehead atoms. The fourth-order valence-corrected chi connectivity index (χ4v) is 2.62. The average molecular weight is 367 g/mol. The van der Waals surface area contributed by atoms with E-state index in [9.17, 15) is 18.8 Å². The highest BCUT2D eigenvalue weighted by molar-refractivity contribution is 5.90. The van der Waals surface area contributed by atoms with Gasteiger partial charge in [0.15, 0.2) is 0 Å². The number of hydrogen-bond acceptors (Lipinski definition) is 3. The van der Waals surface area contributed by atoms with Crippen LogP contribution in [-0.4, -0.2) is 15.0 Å². The number of para-hydroxylation sites is 1. The summed E-state index contributed by atoms with van der Waals surface area (Å²) in [6.45, 7) is 3.47. The van der Waals surface area contributed by atoms with E-state index in [4.69, 9.17) is 0 Å². The van der Waals surface area contributed by atoms with Gasteiger partial charge in [-0.1, -0.05) is 18.2 Å². The number of aryl methyl sites for hydroxylation is 2. The largest absolute Gasteiger partial charge is 0.322 e. The second kappa shape index (κ2) is 7.41. The fraction of sp³-hybridized carbons (Fsp3) is 0.150. The third kappa shape index (κ3) is 3.87. The molecular weight excluding hydrogens is 349 g/mol. The molecular formula is C20H18FN3O3. The van der Waals surface area contributed by atoms with Crippen LogP contribution < -0.4 is 16.4 Å². The molecule has 1 amide bonds. The zero-order valence-electron chi connectivity index (χ0n) is 14.9. The third-order valence-corrected chi connectivity index (χ3v) is 4.29. The number of amides is 1. The summed E-state index contributed by atoms with van der Waals surface area (Å²) in [5.74, 6) is -1.19. The Morgan fingerprint density at radius 2 is 1.74 bits per heavy atom. The smallest absolute Gasteiger partial charge is 0.320 e. The second-order valence-electron chi connectivity index (χ2n) is 6.20. The summed E-state index contributed by atoms with van der Waals surface area (Å²) in [7, 11) is 0. The van der Waals surface area contributed by atoms with Crippen molar-refractivity contribution in [3.63, 3.8) is 0 Å². The minimum Gasteiger partial charge on any atom is -0.322 e. The number of carbonyl (C=O) groups excluding carboxylic acids is 1. The molecule has 1 N–H and O–H groups in total. The van der Waals surface area contributed by atoms with Gasteiger partial charge in [0.25, 0.3) is 0 Å². The van der Waals surface area contributed by atoms with Crippen LogP contribution in [0.4, 0.5) is 10.1 Å². The van der Waals surface area contributed by atoms with Gasteiger partial charge in [0, 0.05) is 18.1 Å². The van der Waals surface area contributed by atoms with Gasteiger partial charge in [-0.05, 0) is 49.2 Å². The molecule has 1 heterocycles. The van der Waals surface area contributed by atoms with Crippen molar-refractivity contribution in [2.75, 3.05) is 5.32 Å². The fourth-order valence-electron chi connectivity index (χ4n) is 2.62. The van der Waals surface area contributed by atoms with Crippen molar-refractivity contribution < 1.29 is 9.18 Å². The highest BCUT2D eigenvalue weighted by atomic mass is 19.1. The molecule has 2 aromatic carbocycles. The number of nitrogens with one attached hydrogen (secondary N) is 1. The number of hydrogen-bond donors (Lipinski definition) is 1. The molecule has 0 unspecified atom stereocenters. The standard InChI is InChI=1S/C20H18FN3O3/c1-13-7-8-15(11-14(13)2)24-10-9-23(19(26)20(24)27)12-18(25)22-17-6-4-3-5-16(17)21/h3-11H,12H2,1-2H3,(H,22,25). The third-order valence-electron chi connectivity index (χ3n) is 4.29. The van der Waals surface area contributed by atoms with Crippen LogP contribution in [0.1, 0.15) is 11.1 Å². The molecule has 0 saturated heterocycles. The molecule has 27 heavy (non-hydrogen) atoms. The lowest BCUT2D eigenvalue weighted by molar-refractivity contribution is -0.116. The first-order valence-electron chi connectivity index (χ1n) is 8.31. The minimum absolute atomic E-state index is 0.0130. The first-order valence-corrected chi connectivity index (χ1v) is 8.31. The number of carbonyl (C=O) groups is 1. The Hall–Kier alpha value is -3.48. The predicted octanol–water partition coefficient (Wildman–Crippen LogP) is 2.39. The van der Waals surface area contributed by atoms with Gasteiger partial charge in [-0.3, -0.25) is 23.5 Å². The molecule has 0 spiro atoms. The molecule has 0 radical (unpaired) electrons. The van der Waals surface area contributed by atoms with Crippen LogP contribution in [-0.2, 0) is 11.3 Å². The normalized spacial score (nSPS) is 10.6. The monoisotopic (exact) mass is 367 g/mol. The summed E-state index contributed by atoms with van der Waals surface area (Å²) in [6, 6.07) is 11.1. The lowest BCUT2D eigenvalue weighted by atomic mass is 10.1. The lowest BCUT2D eigenvalue weighted by Gasteiger charge is -2.11. The molecule has 0 saturated carbocycles. The van der Waals surface area contributed by atoms with Crippen LogP contribution in [0.3, 0.4) is 0 Å². The zero-order chi connectivity index (χ0) is 19.6. The molecule has 3 aromatic rings. The van der Waals surface area contributed by atoms with Crippen LogP contribution in [0, 0.1) is 19.7 Å². The number of nitrogens with zero attached hydrogens (tertiary/aromatic N) is 2. The summed E-state index contributed by atoms with van der Waals surface area (Å²) in [4.78, 5) is 36.9. The van der Waals surface area contributed by atoms with Crippen molar-refractivity contribution in [1.29, 1.82) is 0 Å². The van der Waals surface area contributed by atoms with Gasteiger partial charge in [0.1, 0.15) is 12.4 Å². The van der Waals surface area contributed by atoms with Crippen molar-refractivity contribution in [3.05, 3.63) is 92.5 Å². The van der Waals surface area contributed by atoms with Crippen molar-refractivity contribution in [1.82, 2.24) is 9.13 Å². The Labute approximate surface area is 154 Å². The Balaban J connectivity index is 1.86. The summed E-state index contributed by atoms with van der Waals surface area (Å²) < 4.78 is 15.8. The Morgan fingerprint density at radius 1 is 1.00 bits per heavy atom. The number of halogens is 1. The average Bonchev–Trinajstić information content (AvgIpc) is 2.64. The van der Waals surface area contributed by atoms with Gasteiger partial charge in [0.05, 0.1) is 5.69 Å². The molecule has 1 aromatic heterocycles. The first-order chi connectivity index (χ1) is 12.9. The van der Waals surface area contributed by atoms with E-state index in [0.29, 0.717) is 5.69 Å². The first kappa shape index (κ1) is 18.3. The summed E-state index contributed by atoms with van der Waals surface area (Å²) in [5, 5.41) is 2.38. The number of aromatic nitrogens is 2. The lowest BCUT2D eigenvalue weighted by Crippen LogP contribution is -2.41. The van der Waals surface area contributed by atoms with Gasteiger partial charge < -0.3 is 5.32 Å². The van der Waals surface area contributed by atoms with Crippen LogP contribution >= 0.6 is 0 Å². The summed E-state index contributed by atoms with van der Waals surface area (Å²) >= 11 is 0. The molecule has 0 aliphatic heterocycles. The van der Waals surface area contributed by atoms with Gasteiger partial charge in [-0.25, -0.2) is 4.39 Å². The van der Waals surface area contributed by atoms with Crippen LogP contribution in [0.2, 0.25) is 0 Å². The number of rotatable bonds is 4.